The zero-order valence-electron chi connectivity index (χ0n) is 11.3. The second kappa shape index (κ2) is 6.14. The first-order valence-corrected chi connectivity index (χ1v) is 7.18. The molecule has 0 aromatic heterocycles. The highest BCUT2D eigenvalue weighted by atomic mass is 32.2. The molecule has 0 radical (unpaired) electrons. The van der Waals surface area contributed by atoms with Gasteiger partial charge in [0.15, 0.2) is 0 Å². The van der Waals surface area contributed by atoms with Crippen LogP contribution in [0.2, 0.25) is 0 Å². The van der Waals surface area contributed by atoms with Crippen molar-refractivity contribution in [3.05, 3.63) is 29.8 Å². The van der Waals surface area contributed by atoms with Gasteiger partial charge in [-0.15, -0.1) is 0 Å². The SMILES string of the molecule is CN(C)C(=O)CN(C)S(=O)(=O)c1cccc(CN)c1. The molecule has 0 fully saturated rings. The van der Waals surface area contributed by atoms with Gasteiger partial charge >= 0.3 is 0 Å². The molecule has 0 aliphatic rings. The fourth-order valence-corrected chi connectivity index (χ4v) is 2.62. The third-order valence-electron chi connectivity index (χ3n) is 2.70. The Morgan fingerprint density at radius 2 is 1.89 bits per heavy atom. The molecule has 0 aliphatic carbocycles. The van der Waals surface area contributed by atoms with Gasteiger partial charge in [-0.1, -0.05) is 12.1 Å². The van der Waals surface area contributed by atoms with Crippen LogP contribution in [0.3, 0.4) is 0 Å². The van der Waals surface area contributed by atoms with Crippen molar-refractivity contribution in [2.24, 2.45) is 5.73 Å². The number of carbonyl (C=O) groups excluding carboxylic acids is 1. The minimum atomic E-state index is -3.67. The van der Waals surface area contributed by atoms with Gasteiger partial charge in [-0.3, -0.25) is 4.79 Å². The molecule has 0 atom stereocenters. The van der Waals surface area contributed by atoms with Gasteiger partial charge in [0.05, 0.1) is 11.4 Å². The lowest BCUT2D eigenvalue weighted by Crippen LogP contribution is -2.37. The van der Waals surface area contributed by atoms with Gasteiger partial charge in [0.2, 0.25) is 15.9 Å². The zero-order valence-corrected chi connectivity index (χ0v) is 12.1. The molecule has 1 aromatic carbocycles. The Morgan fingerprint density at radius 1 is 1.26 bits per heavy atom. The van der Waals surface area contributed by atoms with Crippen LogP contribution in [-0.2, 0) is 21.4 Å². The predicted molar refractivity (Wildman–Crippen MR) is 72.8 cm³/mol. The van der Waals surface area contributed by atoms with Crippen LogP contribution in [0.4, 0.5) is 0 Å². The summed E-state index contributed by atoms with van der Waals surface area (Å²) < 4.78 is 25.6. The molecule has 0 heterocycles. The van der Waals surface area contributed by atoms with Crippen LogP contribution in [-0.4, -0.2) is 51.2 Å². The number of sulfonamides is 1. The molecule has 0 unspecified atom stereocenters. The van der Waals surface area contributed by atoms with Crippen molar-refractivity contribution in [3.8, 4) is 0 Å². The van der Waals surface area contributed by atoms with Gasteiger partial charge in [-0.05, 0) is 17.7 Å². The van der Waals surface area contributed by atoms with Crippen LogP contribution in [0, 0.1) is 0 Å². The highest BCUT2D eigenvalue weighted by Gasteiger charge is 2.23. The van der Waals surface area contributed by atoms with E-state index in [0.717, 1.165) is 9.87 Å². The van der Waals surface area contributed by atoms with Gasteiger partial charge in [0, 0.05) is 27.7 Å². The first-order chi connectivity index (χ1) is 8.78. The molecule has 0 saturated carbocycles. The first kappa shape index (κ1) is 15.6. The lowest BCUT2D eigenvalue weighted by Gasteiger charge is -2.19. The third-order valence-corrected chi connectivity index (χ3v) is 4.50. The average molecular weight is 285 g/mol. The van der Waals surface area contributed by atoms with E-state index in [9.17, 15) is 13.2 Å². The van der Waals surface area contributed by atoms with Crippen molar-refractivity contribution in [1.29, 1.82) is 0 Å². The minimum Gasteiger partial charge on any atom is -0.348 e. The van der Waals surface area contributed by atoms with E-state index in [0.29, 0.717) is 0 Å². The van der Waals surface area contributed by atoms with Crippen LogP contribution in [0.5, 0.6) is 0 Å². The quantitative estimate of drug-likeness (QED) is 0.816. The van der Waals surface area contributed by atoms with Crippen molar-refractivity contribution >= 4 is 15.9 Å². The van der Waals surface area contributed by atoms with E-state index >= 15 is 0 Å². The Hall–Kier alpha value is -1.44. The van der Waals surface area contributed by atoms with Crippen molar-refractivity contribution in [2.75, 3.05) is 27.7 Å². The topological polar surface area (TPSA) is 83.7 Å². The molecule has 0 bridgehead atoms. The van der Waals surface area contributed by atoms with Crippen LogP contribution >= 0.6 is 0 Å². The highest BCUT2D eigenvalue weighted by Crippen LogP contribution is 2.15. The van der Waals surface area contributed by atoms with E-state index in [1.807, 2.05) is 0 Å². The lowest BCUT2D eigenvalue weighted by molar-refractivity contribution is -0.128. The number of carbonyl (C=O) groups is 1. The number of likely N-dealkylation sites (N-methyl/N-ethyl adjacent to an activating group) is 2. The minimum absolute atomic E-state index is 0.143. The van der Waals surface area contributed by atoms with Crippen LogP contribution in [0.25, 0.3) is 0 Å². The summed E-state index contributed by atoms with van der Waals surface area (Å²) in [5, 5.41) is 0. The molecule has 7 heteroatoms. The number of amides is 1. The van der Waals surface area contributed by atoms with Gasteiger partial charge in [-0.25, -0.2) is 8.42 Å². The molecule has 0 saturated heterocycles. The predicted octanol–water partition coefficient (Wildman–Crippen LogP) is -0.146. The van der Waals surface area contributed by atoms with Gasteiger partial charge < -0.3 is 10.6 Å². The second-order valence-corrected chi connectivity index (χ2v) is 6.45. The number of nitrogens with zero attached hydrogens (tertiary/aromatic N) is 2. The van der Waals surface area contributed by atoms with E-state index in [2.05, 4.69) is 0 Å². The van der Waals surface area contributed by atoms with Crippen molar-refractivity contribution in [2.45, 2.75) is 11.4 Å². The average Bonchev–Trinajstić information content (AvgIpc) is 2.38. The maximum Gasteiger partial charge on any atom is 0.243 e. The molecular weight excluding hydrogens is 266 g/mol. The molecule has 1 aromatic rings. The number of nitrogens with two attached hydrogens (primary N) is 1. The number of hydrogen-bond donors (Lipinski definition) is 1. The summed E-state index contributed by atoms with van der Waals surface area (Å²) in [6, 6.07) is 6.40. The Morgan fingerprint density at radius 3 is 2.42 bits per heavy atom. The summed E-state index contributed by atoms with van der Waals surface area (Å²) in [7, 11) is 0.873. The molecule has 106 valence electrons. The summed E-state index contributed by atoms with van der Waals surface area (Å²) >= 11 is 0. The smallest absolute Gasteiger partial charge is 0.243 e. The maximum absolute atomic E-state index is 12.3. The van der Waals surface area contributed by atoms with Gasteiger partial charge in [-0.2, -0.15) is 4.31 Å². The zero-order chi connectivity index (χ0) is 14.6. The van der Waals surface area contributed by atoms with E-state index in [4.69, 9.17) is 5.73 Å². The molecule has 0 spiro atoms. The molecule has 1 rings (SSSR count). The van der Waals surface area contributed by atoms with Crippen LogP contribution in [0.15, 0.2) is 29.2 Å². The van der Waals surface area contributed by atoms with Gasteiger partial charge in [0.1, 0.15) is 0 Å². The maximum atomic E-state index is 12.3. The van der Waals surface area contributed by atoms with Crippen LogP contribution < -0.4 is 5.73 Å². The van der Waals surface area contributed by atoms with Crippen molar-refractivity contribution < 1.29 is 13.2 Å². The molecule has 1 amide bonds. The third kappa shape index (κ3) is 3.76. The monoisotopic (exact) mass is 285 g/mol. The lowest BCUT2D eigenvalue weighted by atomic mass is 10.2. The number of benzene rings is 1. The number of rotatable bonds is 5. The molecule has 19 heavy (non-hydrogen) atoms. The summed E-state index contributed by atoms with van der Waals surface area (Å²) in [6.45, 7) is 0.0753. The Labute approximate surface area is 113 Å². The van der Waals surface area contributed by atoms with Crippen molar-refractivity contribution in [1.82, 2.24) is 9.21 Å². The second-order valence-electron chi connectivity index (χ2n) is 4.40. The normalized spacial score (nSPS) is 11.6. The van der Waals surface area contributed by atoms with Crippen molar-refractivity contribution in [3.63, 3.8) is 0 Å². The highest BCUT2D eigenvalue weighted by molar-refractivity contribution is 7.89. The molecule has 6 nitrogen and oxygen atoms in total. The van der Waals surface area contributed by atoms with E-state index in [1.165, 1.54) is 24.1 Å². The fraction of sp³-hybridized carbons (Fsp3) is 0.417. The Bertz CT molecular complexity index is 555. The summed E-state index contributed by atoms with van der Waals surface area (Å²) in [5.41, 5.74) is 6.22. The standard InChI is InChI=1S/C12H19N3O3S/c1-14(2)12(16)9-15(3)19(17,18)11-6-4-5-10(7-11)8-13/h4-7H,8-9,13H2,1-3H3. The first-order valence-electron chi connectivity index (χ1n) is 5.74. The summed E-state index contributed by atoms with van der Waals surface area (Å²) in [5.74, 6) is -0.277. The van der Waals surface area contributed by atoms with E-state index in [1.54, 1.807) is 26.2 Å². The summed E-state index contributed by atoms with van der Waals surface area (Å²) in [4.78, 5) is 13.0. The van der Waals surface area contributed by atoms with Crippen LogP contribution in [0.1, 0.15) is 5.56 Å². The molecular formula is C12H19N3O3S. The Balaban J connectivity index is 2.99. The largest absolute Gasteiger partial charge is 0.348 e. The van der Waals surface area contributed by atoms with E-state index in [-0.39, 0.29) is 23.9 Å². The molecule has 0 aliphatic heterocycles. The Kier molecular flexibility index (Phi) is 5.04. The summed E-state index contributed by atoms with van der Waals surface area (Å²) in [6.07, 6.45) is 0. The molecule has 2 N–H and O–H groups in total. The number of hydrogen-bond acceptors (Lipinski definition) is 4. The van der Waals surface area contributed by atoms with E-state index < -0.39 is 10.0 Å². The fourth-order valence-electron chi connectivity index (χ4n) is 1.43. The van der Waals surface area contributed by atoms with Gasteiger partial charge in [0.25, 0.3) is 0 Å².